The minimum Gasteiger partial charge on any atom is -0.359 e. The van der Waals surface area contributed by atoms with Crippen LogP contribution in [0.5, 0.6) is 0 Å². The zero-order valence-corrected chi connectivity index (χ0v) is 15.7. The second-order valence-corrected chi connectivity index (χ2v) is 7.94. The number of hydrogen-bond donors (Lipinski definition) is 3. The first-order valence-electron chi connectivity index (χ1n) is 9.17. The molecule has 2 aliphatic rings. The summed E-state index contributed by atoms with van der Waals surface area (Å²) in [6, 6.07) is 8.49. The van der Waals surface area contributed by atoms with E-state index in [0.29, 0.717) is 6.04 Å². The first-order chi connectivity index (χ1) is 11.5. The summed E-state index contributed by atoms with van der Waals surface area (Å²) < 4.78 is 0. The third kappa shape index (κ3) is 4.17. The molecule has 0 spiro atoms. The van der Waals surface area contributed by atoms with Crippen LogP contribution in [-0.4, -0.2) is 29.8 Å². The Morgan fingerprint density at radius 3 is 2.42 bits per heavy atom. The van der Waals surface area contributed by atoms with Crippen LogP contribution in [-0.2, 0) is 0 Å². The predicted octanol–water partition coefficient (Wildman–Crippen LogP) is 2.74. The lowest BCUT2D eigenvalue weighted by atomic mass is 9.82. The van der Waals surface area contributed by atoms with Gasteiger partial charge >= 0.3 is 0 Å². The molecule has 0 radical (unpaired) electrons. The molecule has 0 aromatic heterocycles. The van der Waals surface area contributed by atoms with E-state index in [4.69, 9.17) is 12.2 Å². The molecule has 130 valence electrons. The Morgan fingerprint density at radius 1 is 1.21 bits per heavy atom. The van der Waals surface area contributed by atoms with E-state index < -0.39 is 0 Å². The molecule has 3 nitrogen and oxygen atoms in total. The number of thiocarbonyl (C=S) groups is 1. The lowest BCUT2D eigenvalue weighted by molar-refractivity contribution is -0.955. The number of nitrogens with one attached hydrogen (secondary N) is 3. The van der Waals surface area contributed by atoms with Crippen LogP contribution in [0.1, 0.15) is 43.2 Å². The minimum atomic E-state index is 0.500. The summed E-state index contributed by atoms with van der Waals surface area (Å²) in [5.41, 5.74) is 3.60. The van der Waals surface area contributed by atoms with Gasteiger partial charge in [0, 0.05) is 24.6 Å². The van der Waals surface area contributed by atoms with Gasteiger partial charge < -0.3 is 15.5 Å². The number of piperidine rings is 2. The summed E-state index contributed by atoms with van der Waals surface area (Å²) >= 11 is 5.57. The molecule has 2 atom stereocenters. The lowest BCUT2D eigenvalue weighted by Gasteiger charge is -2.45. The summed E-state index contributed by atoms with van der Waals surface area (Å²) in [5.74, 6) is 0. The van der Waals surface area contributed by atoms with E-state index in [1.54, 1.807) is 4.90 Å². The molecule has 0 saturated carbocycles. The second-order valence-electron chi connectivity index (χ2n) is 7.54. The second kappa shape index (κ2) is 7.66. The third-order valence-corrected chi connectivity index (χ3v) is 5.71. The van der Waals surface area contributed by atoms with E-state index >= 15 is 0 Å². The average Bonchev–Trinajstić information content (AvgIpc) is 2.47. The van der Waals surface area contributed by atoms with Gasteiger partial charge in [0.2, 0.25) is 0 Å². The quantitative estimate of drug-likeness (QED) is 0.579. The van der Waals surface area contributed by atoms with Crippen LogP contribution in [0.25, 0.3) is 0 Å². The first kappa shape index (κ1) is 17.4. The normalized spacial score (nSPS) is 28.9. The molecule has 4 heteroatoms. The van der Waals surface area contributed by atoms with E-state index in [0.717, 1.165) is 29.4 Å². The maximum atomic E-state index is 5.57. The molecule has 0 amide bonds. The predicted molar refractivity (Wildman–Crippen MR) is 106 cm³/mol. The summed E-state index contributed by atoms with van der Waals surface area (Å²) in [6.45, 7) is 9.29. The number of fused-ring (bicyclic) bond motifs is 2. The van der Waals surface area contributed by atoms with Crippen molar-refractivity contribution in [3.8, 4) is 0 Å². The van der Waals surface area contributed by atoms with Crippen LogP contribution in [0.4, 0.5) is 5.69 Å². The highest BCUT2D eigenvalue weighted by molar-refractivity contribution is 7.80. The van der Waals surface area contributed by atoms with Crippen molar-refractivity contribution in [3.63, 3.8) is 0 Å². The van der Waals surface area contributed by atoms with Gasteiger partial charge in [-0.1, -0.05) is 12.6 Å². The first-order valence-corrected chi connectivity index (χ1v) is 9.58. The van der Waals surface area contributed by atoms with E-state index in [-0.39, 0.29) is 0 Å². The van der Waals surface area contributed by atoms with E-state index in [1.165, 1.54) is 43.2 Å². The fourth-order valence-electron chi connectivity index (χ4n) is 4.65. The molecule has 3 N–H and O–H groups in total. The maximum Gasteiger partial charge on any atom is 0.171 e. The van der Waals surface area contributed by atoms with Crippen LogP contribution < -0.4 is 15.5 Å². The Balaban J connectivity index is 1.58. The largest absolute Gasteiger partial charge is 0.359 e. The molecule has 1 aromatic carbocycles. The Bertz CT molecular complexity index is 579. The van der Waals surface area contributed by atoms with Gasteiger partial charge in [0.25, 0.3) is 0 Å². The number of quaternary nitrogens is 1. The Hall–Kier alpha value is -1.39. The van der Waals surface area contributed by atoms with E-state index in [9.17, 15) is 0 Å². The van der Waals surface area contributed by atoms with E-state index in [1.807, 2.05) is 0 Å². The molecule has 3 rings (SSSR count). The van der Waals surface area contributed by atoms with Crippen molar-refractivity contribution in [2.24, 2.45) is 0 Å². The van der Waals surface area contributed by atoms with Gasteiger partial charge in [0.1, 0.15) is 0 Å². The van der Waals surface area contributed by atoms with Crippen molar-refractivity contribution in [3.05, 3.63) is 42.0 Å². The van der Waals surface area contributed by atoms with Gasteiger partial charge in [-0.2, -0.15) is 0 Å². The fourth-order valence-corrected chi connectivity index (χ4v) is 4.94. The summed E-state index contributed by atoms with van der Waals surface area (Å²) in [6.07, 6.45) is 8.58. The van der Waals surface area contributed by atoms with Gasteiger partial charge in [0.05, 0.1) is 18.6 Å². The van der Waals surface area contributed by atoms with Crippen molar-refractivity contribution >= 4 is 23.0 Å². The van der Waals surface area contributed by atoms with Crippen molar-refractivity contribution < 1.29 is 4.90 Å². The van der Waals surface area contributed by atoms with E-state index in [2.05, 4.69) is 55.3 Å². The Morgan fingerprint density at radius 2 is 1.83 bits per heavy atom. The summed E-state index contributed by atoms with van der Waals surface area (Å²) in [4.78, 5) is 1.75. The highest BCUT2D eigenvalue weighted by Gasteiger charge is 2.41. The molecule has 2 saturated heterocycles. The van der Waals surface area contributed by atoms with Crippen LogP contribution in [0.15, 0.2) is 30.9 Å². The number of rotatable bonds is 4. The number of benzene rings is 1. The number of hydrogen-bond acceptors (Lipinski definition) is 1. The third-order valence-electron chi connectivity index (χ3n) is 5.49. The van der Waals surface area contributed by atoms with Crippen LogP contribution >= 0.6 is 12.2 Å². The molecule has 2 fully saturated rings. The van der Waals surface area contributed by atoms with Crippen molar-refractivity contribution in [2.45, 2.75) is 64.1 Å². The summed E-state index contributed by atoms with van der Waals surface area (Å²) in [5, 5.41) is 7.71. The van der Waals surface area contributed by atoms with Gasteiger partial charge in [-0.05, 0) is 74.7 Å². The molecule has 2 aliphatic heterocycles. The molecule has 2 heterocycles. The Labute approximate surface area is 151 Å². The zero-order valence-electron chi connectivity index (χ0n) is 14.9. The number of anilines is 1. The van der Waals surface area contributed by atoms with Gasteiger partial charge in [-0.25, -0.2) is 0 Å². The molecule has 2 bridgehead atoms. The van der Waals surface area contributed by atoms with Gasteiger partial charge in [-0.15, -0.1) is 0 Å². The zero-order chi connectivity index (χ0) is 17.1. The molecular formula is C20H30N3S+. The smallest absolute Gasteiger partial charge is 0.171 e. The highest BCUT2D eigenvalue weighted by atomic mass is 32.1. The lowest BCUT2D eigenvalue weighted by Crippen LogP contribution is -3.21. The Kier molecular flexibility index (Phi) is 5.57. The monoisotopic (exact) mass is 344 g/mol. The van der Waals surface area contributed by atoms with Crippen molar-refractivity contribution in [1.82, 2.24) is 5.32 Å². The van der Waals surface area contributed by atoms with Gasteiger partial charge in [0.15, 0.2) is 5.11 Å². The molecule has 0 unspecified atom stereocenters. The minimum absolute atomic E-state index is 0.500. The van der Waals surface area contributed by atoms with Crippen molar-refractivity contribution in [2.75, 3.05) is 11.9 Å². The summed E-state index contributed by atoms with van der Waals surface area (Å²) in [7, 11) is 0. The van der Waals surface area contributed by atoms with Gasteiger partial charge in [-0.3, -0.25) is 0 Å². The molecule has 24 heavy (non-hydrogen) atoms. The fraction of sp³-hybridized carbons (Fsp3) is 0.550. The molecule has 1 aromatic rings. The number of aryl methyl sites for hydroxylation is 2. The van der Waals surface area contributed by atoms with Crippen LogP contribution in [0.3, 0.4) is 0 Å². The highest BCUT2D eigenvalue weighted by Crippen LogP contribution is 2.22. The van der Waals surface area contributed by atoms with Crippen LogP contribution in [0.2, 0.25) is 0 Å². The maximum absolute atomic E-state index is 5.57. The SMILES string of the molecule is C=CC[NH+]1[C@@H]2CCC[C@@H]1CC(NC(=S)Nc1cc(C)cc(C)c1)C2. The topological polar surface area (TPSA) is 28.5 Å². The van der Waals surface area contributed by atoms with Crippen molar-refractivity contribution in [1.29, 1.82) is 0 Å². The molecule has 0 aliphatic carbocycles. The average molecular weight is 345 g/mol. The van der Waals surface area contributed by atoms with Crippen LogP contribution in [0, 0.1) is 13.8 Å². The molecular weight excluding hydrogens is 314 g/mol. The standard InChI is InChI=1S/C20H29N3S/c1-4-8-23-18-6-5-7-19(23)13-17(12-18)22-20(24)21-16-10-14(2)9-15(3)11-16/h4,9-11,17-19H,1,5-8,12-13H2,2-3H3,(H2,21,22,24)/p+1/t18-,19-/m1/s1.